The Kier molecular flexibility index (Phi) is 3.03. The van der Waals surface area contributed by atoms with Crippen LogP contribution in [0.15, 0.2) is 35.6 Å². The minimum atomic E-state index is 0.469. The molecule has 0 bridgehead atoms. The van der Waals surface area contributed by atoms with Gasteiger partial charge in [-0.15, -0.1) is 11.8 Å². The molecule has 0 saturated carbocycles. The number of thioether (sulfide) groups is 1. The molecule has 3 heterocycles. The molecule has 0 saturated heterocycles. The highest BCUT2D eigenvalue weighted by atomic mass is 32.2. The normalized spacial score (nSPS) is 23.4. The quantitative estimate of drug-likeness (QED) is 0.752. The Labute approximate surface area is 128 Å². The van der Waals surface area contributed by atoms with Crippen molar-refractivity contribution >= 4 is 23.3 Å². The van der Waals surface area contributed by atoms with Crippen LogP contribution in [0.2, 0.25) is 0 Å². The van der Waals surface area contributed by atoms with E-state index in [9.17, 15) is 0 Å². The zero-order valence-electron chi connectivity index (χ0n) is 12.1. The summed E-state index contributed by atoms with van der Waals surface area (Å²) in [5, 5.41) is 1.68. The molecule has 0 fully saturated rings. The molecule has 0 aliphatic carbocycles. The van der Waals surface area contributed by atoms with Gasteiger partial charge < -0.3 is 9.64 Å². The Balaban J connectivity index is 1.85. The van der Waals surface area contributed by atoms with Crippen molar-refractivity contribution in [1.82, 2.24) is 9.97 Å². The van der Waals surface area contributed by atoms with E-state index in [-0.39, 0.29) is 0 Å². The lowest BCUT2D eigenvalue weighted by atomic mass is 10.00. The number of hydrogen-bond donors (Lipinski definition) is 0. The molecule has 21 heavy (non-hydrogen) atoms. The molecule has 1 aromatic heterocycles. The van der Waals surface area contributed by atoms with Gasteiger partial charge in [0.05, 0.1) is 12.2 Å². The average Bonchev–Trinajstić information content (AvgIpc) is 2.82. The molecule has 108 valence electrons. The Morgan fingerprint density at radius 1 is 1.24 bits per heavy atom. The van der Waals surface area contributed by atoms with Crippen molar-refractivity contribution in [2.45, 2.75) is 30.0 Å². The van der Waals surface area contributed by atoms with Crippen LogP contribution in [0.4, 0.5) is 11.5 Å². The Bertz CT molecular complexity index is 691. The van der Waals surface area contributed by atoms with Gasteiger partial charge in [0, 0.05) is 10.8 Å². The third kappa shape index (κ3) is 1.99. The van der Waals surface area contributed by atoms with Crippen LogP contribution in [0.1, 0.15) is 25.3 Å². The third-order valence-corrected chi connectivity index (χ3v) is 5.60. The lowest BCUT2D eigenvalue weighted by Crippen LogP contribution is -2.30. The molecule has 2 aliphatic heterocycles. The van der Waals surface area contributed by atoms with E-state index in [4.69, 9.17) is 4.74 Å². The van der Waals surface area contributed by atoms with Gasteiger partial charge in [0.2, 0.25) is 0 Å². The minimum Gasteiger partial charge on any atom is -0.490 e. The molecule has 5 heteroatoms. The number of benzene rings is 1. The number of anilines is 2. The SMILES string of the molecule is CC1Sc2ncnc(N3CCOc4ccccc43)c2C1C. The largest absolute Gasteiger partial charge is 0.490 e. The summed E-state index contributed by atoms with van der Waals surface area (Å²) in [4.78, 5) is 11.3. The van der Waals surface area contributed by atoms with Gasteiger partial charge in [-0.3, -0.25) is 0 Å². The van der Waals surface area contributed by atoms with E-state index in [0.29, 0.717) is 17.8 Å². The van der Waals surface area contributed by atoms with E-state index in [2.05, 4.69) is 34.8 Å². The Hall–Kier alpha value is -1.75. The molecule has 0 radical (unpaired) electrons. The van der Waals surface area contributed by atoms with Crippen molar-refractivity contribution < 1.29 is 4.74 Å². The molecule has 2 unspecified atom stereocenters. The van der Waals surface area contributed by atoms with Crippen LogP contribution in [0.5, 0.6) is 5.75 Å². The van der Waals surface area contributed by atoms with Gasteiger partial charge in [-0.25, -0.2) is 9.97 Å². The molecule has 4 nitrogen and oxygen atoms in total. The fraction of sp³-hybridized carbons (Fsp3) is 0.375. The standard InChI is InChI=1S/C16H17N3OS/c1-10-11(2)21-16-14(10)15(17-9-18-16)19-7-8-20-13-6-4-3-5-12(13)19/h3-6,9-11H,7-8H2,1-2H3. The number of hydrogen-bond acceptors (Lipinski definition) is 5. The molecule has 2 aliphatic rings. The zero-order valence-corrected chi connectivity index (χ0v) is 12.9. The number of ether oxygens (including phenoxy) is 1. The predicted molar refractivity (Wildman–Crippen MR) is 84.7 cm³/mol. The maximum atomic E-state index is 5.75. The zero-order chi connectivity index (χ0) is 14.4. The molecule has 2 atom stereocenters. The van der Waals surface area contributed by atoms with E-state index in [0.717, 1.165) is 28.8 Å². The van der Waals surface area contributed by atoms with Gasteiger partial charge in [-0.2, -0.15) is 0 Å². The first-order valence-corrected chi connectivity index (χ1v) is 8.14. The van der Waals surface area contributed by atoms with Crippen molar-refractivity contribution in [2.24, 2.45) is 0 Å². The van der Waals surface area contributed by atoms with E-state index in [1.165, 1.54) is 5.56 Å². The number of rotatable bonds is 1. The van der Waals surface area contributed by atoms with Crippen molar-refractivity contribution in [1.29, 1.82) is 0 Å². The molecular weight excluding hydrogens is 282 g/mol. The van der Waals surface area contributed by atoms with Crippen molar-refractivity contribution in [2.75, 3.05) is 18.1 Å². The summed E-state index contributed by atoms with van der Waals surface area (Å²) < 4.78 is 5.75. The summed E-state index contributed by atoms with van der Waals surface area (Å²) in [5.74, 6) is 2.44. The summed E-state index contributed by atoms with van der Waals surface area (Å²) in [7, 11) is 0. The molecule has 1 aromatic carbocycles. The first-order valence-electron chi connectivity index (χ1n) is 7.26. The predicted octanol–water partition coefficient (Wildman–Crippen LogP) is 3.60. The van der Waals surface area contributed by atoms with Crippen molar-refractivity contribution in [3.63, 3.8) is 0 Å². The van der Waals surface area contributed by atoms with Crippen LogP contribution in [-0.2, 0) is 0 Å². The Morgan fingerprint density at radius 3 is 3.00 bits per heavy atom. The molecule has 4 rings (SSSR count). The first kappa shape index (κ1) is 13.0. The summed E-state index contributed by atoms with van der Waals surface area (Å²) >= 11 is 1.85. The molecular formula is C16H17N3OS. The second-order valence-corrected chi connectivity index (χ2v) is 6.86. The van der Waals surface area contributed by atoms with Gasteiger partial charge in [-0.1, -0.05) is 26.0 Å². The molecule has 0 N–H and O–H groups in total. The van der Waals surface area contributed by atoms with Crippen LogP contribution in [0.3, 0.4) is 0 Å². The highest BCUT2D eigenvalue weighted by Gasteiger charge is 2.34. The maximum Gasteiger partial charge on any atom is 0.143 e. The van der Waals surface area contributed by atoms with Crippen LogP contribution >= 0.6 is 11.8 Å². The smallest absolute Gasteiger partial charge is 0.143 e. The maximum absolute atomic E-state index is 5.75. The highest BCUT2D eigenvalue weighted by Crippen LogP contribution is 2.49. The number of para-hydroxylation sites is 2. The minimum absolute atomic E-state index is 0.469. The van der Waals surface area contributed by atoms with Gasteiger partial charge in [0.1, 0.15) is 29.5 Å². The van der Waals surface area contributed by atoms with E-state index in [1.54, 1.807) is 6.33 Å². The van der Waals surface area contributed by atoms with Crippen LogP contribution in [0.25, 0.3) is 0 Å². The van der Waals surface area contributed by atoms with E-state index >= 15 is 0 Å². The van der Waals surface area contributed by atoms with Gasteiger partial charge >= 0.3 is 0 Å². The fourth-order valence-corrected chi connectivity index (χ4v) is 4.19. The lowest BCUT2D eigenvalue weighted by molar-refractivity contribution is 0.313. The van der Waals surface area contributed by atoms with Crippen molar-refractivity contribution in [3.05, 3.63) is 36.2 Å². The van der Waals surface area contributed by atoms with Gasteiger partial charge in [0.25, 0.3) is 0 Å². The monoisotopic (exact) mass is 299 g/mol. The topological polar surface area (TPSA) is 38.2 Å². The average molecular weight is 299 g/mol. The van der Waals surface area contributed by atoms with Crippen LogP contribution in [0, 0.1) is 0 Å². The van der Waals surface area contributed by atoms with Gasteiger partial charge in [0.15, 0.2) is 0 Å². The summed E-state index contributed by atoms with van der Waals surface area (Å²) in [6, 6.07) is 8.17. The summed E-state index contributed by atoms with van der Waals surface area (Å²) in [5.41, 5.74) is 2.38. The van der Waals surface area contributed by atoms with Crippen molar-refractivity contribution in [3.8, 4) is 5.75 Å². The lowest BCUT2D eigenvalue weighted by Gasteiger charge is -2.31. The van der Waals surface area contributed by atoms with E-state index in [1.807, 2.05) is 30.0 Å². The Morgan fingerprint density at radius 2 is 2.10 bits per heavy atom. The van der Waals surface area contributed by atoms with Gasteiger partial charge in [-0.05, 0) is 18.1 Å². The highest BCUT2D eigenvalue weighted by molar-refractivity contribution is 8.00. The van der Waals surface area contributed by atoms with Crippen LogP contribution in [-0.4, -0.2) is 28.4 Å². The second-order valence-electron chi connectivity index (χ2n) is 5.50. The second kappa shape index (κ2) is 4.91. The third-order valence-electron chi connectivity index (χ3n) is 4.27. The number of aromatic nitrogens is 2. The van der Waals surface area contributed by atoms with E-state index < -0.39 is 0 Å². The fourth-order valence-electron chi connectivity index (χ4n) is 2.98. The molecule has 2 aromatic rings. The summed E-state index contributed by atoms with van der Waals surface area (Å²) in [6.45, 7) is 6.04. The first-order chi connectivity index (χ1) is 10.3. The summed E-state index contributed by atoms with van der Waals surface area (Å²) in [6.07, 6.45) is 1.68. The molecule has 0 amide bonds. The van der Waals surface area contributed by atoms with Crippen LogP contribution < -0.4 is 9.64 Å². The number of fused-ring (bicyclic) bond motifs is 2. The number of nitrogens with zero attached hydrogens (tertiary/aromatic N) is 3. The molecule has 0 spiro atoms.